The van der Waals surface area contributed by atoms with E-state index in [4.69, 9.17) is 9.47 Å². The third-order valence-electron chi connectivity index (χ3n) is 2.22. The lowest BCUT2D eigenvalue weighted by Gasteiger charge is -2.30. The molecule has 0 rings (SSSR count). The number of amides is 2. The van der Waals surface area contributed by atoms with Crippen LogP contribution in [0.15, 0.2) is 12.7 Å². The first-order chi connectivity index (χ1) is 9.25. The highest BCUT2D eigenvalue weighted by Crippen LogP contribution is 2.12. The maximum absolute atomic E-state index is 12.1. The Hall–Kier alpha value is -1.60. The summed E-state index contributed by atoms with van der Waals surface area (Å²) in [5.74, 6) is -0.419. The van der Waals surface area contributed by atoms with Crippen LogP contribution >= 0.6 is 0 Å². The minimum Gasteiger partial charge on any atom is -0.444 e. The first-order valence-electron chi connectivity index (χ1n) is 6.23. The lowest BCUT2D eigenvalue weighted by Crippen LogP contribution is -2.49. The van der Waals surface area contributed by atoms with Gasteiger partial charge in [0.05, 0.1) is 12.6 Å². The summed E-state index contributed by atoms with van der Waals surface area (Å²) in [7, 11) is 1.44. The highest BCUT2D eigenvalue weighted by atomic mass is 16.6. The third-order valence-corrected chi connectivity index (χ3v) is 2.22. The predicted octanol–water partition coefficient (Wildman–Crippen LogP) is 0.490. The first kappa shape index (κ1) is 18.4. The van der Waals surface area contributed by atoms with Crippen molar-refractivity contribution in [3.63, 3.8) is 0 Å². The molecule has 0 saturated carbocycles. The van der Waals surface area contributed by atoms with Crippen LogP contribution in [0.1, 0.15) is 20.8 Å². The fourth-order valence-electron chi connectivity index (χ4n) is 1.30. The molecule has 2 amide bonds. The molecule has 0 aromatic carbocycles. The van der Waals surface area contributed by atoms with Gasteiger partial charge in [-0.05, 0) is 20.8 Å². The topological polar surface area (TPSA) is 88.1 Å². The second kappa shape index (κ2) is 8.55. The van der Waals surface area contributed by atoms with Crippen molar-refractivity contribution >= 4 is 12.0 Å². The second-order valence-electron chi connectivity index (χ2n) is 5.13. The summed E-state index contributed by atoms with van der Waals surface area (Å²) in [4.78, 5) is 24.8. The van der Waals surface area contributed by atoms with Crippen molar-refractivity contribution in [2.45, 2.75) is 32.4 Å². The molecular formula is C13H24N2O5. The molecule has 0 bridgehead atoms. The van der Waals surface area contributed by atoms with Gasteiger partial charge in [-0.25, -0.2) is 4.79 Å². The smallest absolute Gasteiger partial charge is 0.411 e. The summed E-state index contributed by atoms with van der Waals surface area (Å²) in [6, 6.07) is -0.696. The van der Waals surface area contributed by atoms with Crippen molar-refractivity contribution < 1.29 is 24.2 Å². The van der Waals surface area contributed by atoms with E-state index in [2.05, 4.69) is 11.9 Å². The van der Waals surface area contributed by atoms with E-state index in [0.29, 0.717) is 0 Å². The number of rotatable bonds is 7. The molecule has 0 fully saturated rings. The SMILES string of the molecule is C=C[C@@H](CO)N(CC(=O)NCOC)C(=O)OC(C)(C)C. The zero-order chi connectivity index (χ0) is 15.8. The molecule has 0 aliphatic rings. The van der Waals surface area contributed by atoms with Gasteiger partial charge in [-0.15, -0.1) is 6.58 Å². The van der Waals surface area contributed by atoms with Crippen molar-refractivity contribution in [1.29, 1.82) is 0 Å². The predicted molar refractivity (Wildman–Crippen MR) is 74.0 cm³/mol. The number of aliphatic hydroxyl groups excluding tert-OH is 1. The molecule has 7 heteroatoms. The highest BCUT2D eigenvalue weighted by Gasteiger charge is 2.28. The third kappa shape index (κ3) is 7.10. The number of carbonyl (C=O) groups is 2. The maximum atomic E-state index is 12.1. The fraction of sp³-hybridized carbons (Fsp3) is 0.692. The lowest BCUT2D eigenvalue weighted by atomic mass is 10.2. The Labute approximate surface area is 119 Å². The number of carbonyl (C=O) groups excluding carboxylic acids is 2. The van der Waals surface area contributed by atoms with Gasteiger partial charge in [-0.1, -0.05) is 6.08 Å². The lowest BCUT2D eigenvalue weighted by molar-refractivity contribution is -0.124. The Balaban J connectivity index is 4.85. The Morgan fingerprint density at radius 2 is 2.05 bits per heavy atom. The molecule has 1 atom stereocenters. The number of nitrogens with one attached hydrogen (secondary N) is 1. The van der Waals surface area contributed by atoms with E-state index in [0.717, 1.165) is 4.90 Å². The van der Waals surface area contributed by atoms with Crippen LogP contribution in [-0.4, -0.2) is 60.6 Å². The zero-order valence-corrected chi connectivity index (χ0v) is 12.5. The van der Waals surface area contributed by atoms with Crippen LogP contribution < -0.4 is 5.32 Å². The van der Waals surface area contributed by atoms with Crippen molar-refractivity contribution in [2.24, 2.45) is 0 Å². The number of hydrogen-bond donors (Lipinski definition) is 2. The number of nitrogens with zero attached hydrogens (tertiary/aromatic N) is 1. The minimum absolute atomic E-state index is 0.0405. The van der Waals surface area contributed by atoms with Crippen LogP contribution in [0.2, 0.25) is 0 Å². The summed E-state index contributed by atoms with van der Waals surface area (Å²) < 4.78 is 9.92. The average molecular weight is 288 g/mol. The molecule has 0 spiro atoms. The molecular weight excluding hydrogens is 264 g/mol. The van der Waals surface area contributed by atoms with Gasteiger partial charge >= 0.3 is 6.09 Å². The molecule has 0 aliphatic carbocycles. The van der Waals surface area contributed by atoms with E-state index in [1.165, 1.54) is 13.2 Å². The zero-order valence-electron chi connectivity index (χ0n) is 12.5. The molecule has 0 heterocycles. The van der Waals surface area contributed by atoms with Crippen LogP contribution in [-0.2, 0) is 14.3 Å². The van der Waals surface area contributed by atoms with E-state index >= 15 is 0 Å². The van der Waals surface area contributed by atoms with Crippen LogP contribution in [0.3, 0.4) is 0 Å². The van der Waals surface area contributed by atoms with Gasteiger partial charge < -0.3 is 19.9 Å². The van der Waals surface area contributed by atoms with E-state index in [1.807, 2.05) is 0 Å². The van der Waals surface area contributed by atoms with Gasteiger partial charge in [-0.2, -0.15) is 0 Å². The summed E-state index contributed by atoms with van der Waals surface area (Å²) in [6.07, 6.45) is 0.692. The van der Waals surface area contributed by atoms with Crippen molar-refractivity contribution in [3.8, 4) is 0 Å². The molecule has 0 aliphatic heterocycles. The van der Waals surface area contributed by atoms with Gasteiger partial charge in [0.1, 0.15) is 18.9 Å². The molecule has 20 heavy (non-hydrogen) atoms. The Morgan fingerprint density at radius 3 is 2.45 bits per heavy atom. The molecule has 0 aromatic rings. The van der Waals surface area contributed by atoms with Crippen LogP contribution in [0.5, 0.6) is 0 Å². The summed E-state index contributed by atoms with van der Waals surface area (Å²) in [6.45, 7) is 8.13. The van der Waals surface area contributed by atoms with Crippen molar-refractivity contribution in [3.05, 3.63) is 12.7 Å². The van der Waals surface area contributed by atoms with Gasteiger partial charge in [-0.3, -0.25) is 9.69 Å². The number of methoxy groups -OCH3 is 1. The standard InChI is InChI=1S/C13H24N2O5/c1-6-10(8-16)15(7-11(17)14-9-19-5)12(18)20-13(2,3)4/h6,10,16H,1,7-9H2,2-5H3,(H,14,17)/t10-/m0/s1. The number of hydrogen-bond acceptors (Lipinski definition) is 5. The van der Waals surface area contributed by atoms with Crippen molar-refractivity contribution in [1.82, 2.24) is 10.2 Å². The molecule has 7 nitrogen and oxygen atoms in total. The Bertz CT molecular complexity index is 338. The van der Waals surface area contributed by atoms with Gasteiger partial charge in [0.15, 0.2) is 0 Å². The van der Waals surface area contributed by atoms with E-state index in [1.54, 1.807) is 20.8 Å². The van der Waals surface area contributed by atoms with E-state index in [-0.39, 0.29) is 19.9 Å². The normalized spacial score (nSPS) is 12.4. The Morgan fingerprint density at radius 1 is 1.45 bits per heavy atom. The molecule has 0 saturated heterocycles. The van der Waals surface area contributed by atoms with Crippen LogP contribution in [0.25, 0.3) is 0 Å². The van der Waals surface area contributed by atoms with E-state index < -0.39 is 23.6 Å². The monoisotopic (exact) mass is 288 g/mol. The second-order valence-corrected chi connectivity index (χ2v) is 5.13. The number of aliphatic hydroxyl groups is 1. The number of ether oxygens (including phenoxy) is 2. The van der Waals surface area contributed by atoms with Gasteiger partial charge in [0.25, 0.3) is 0 Å². The fourth-order valence-corrected chi connectivity index (χ4v) is 1.30. The van der Waals surface area contributed by atoms with E-state index in [9.17, 15) is 14.7 Å². The molecule has 0 unspecified atom stereocenters. The summed E-state index contributed by atoms with van der Waals surface area (Å²) in [5, 5.41) is 11.7. The molecule has 2 N–H and O–H groups in total. The highest BCUT2D eigenvalue weighted by molar-refractivity contribution is 5.82. The van der Waals surface area contributed by atoms with Gasteiger partial charge in [0.2, 0.25) is 5.91 Å². The largest absolute Gasteiger partial charge is 0.444 e. The quantitative estimate of drug-likeness (QED) is 0.526. The molecule has 0 aromatic heterocycles. The maximum Gasteiger partial charge on any atom is 0.411 e. The molecule has 0 radical (unpaired) electrons. The molecule has 116 valence electrons. The average Bonchev–Trinajstić information content (AvgIpc) is 2.34. The minimum atomic E-state index is -0.696. The van der Waals surface area contributed by atoms with Crippen LogP contribution in [0, 0.1) is 0 Å². The first-order valence-corrected chi connectivity index (χ1v) is 6.23. The van der Waals surface area contributed by atoms with Gasteiger partial charge in [0, 0.05) is 7.11 Å². The Kier molecular flexibility index (Phi) is 7.86. The van der Waals surface area contributed by atoms with Crippen LogP contribution in [0.4, 0.5) is 4.79 Å². The summed E-state index contributed by atoms with van der Waals surface area (Å²) >= 11 is 0. The van der Waals surface area contributed by atoms with Crippen molar-refractivity contribution in [2.75, 3.05) is 27.0 Å². The summed E-state index contributed by atoms with van der Waals surface area (Å²) in [5.41, 5.74) is -0.695.